The molecule has 1 aromatic heterocycles. The van der Waals surface area contributed by atoms with Gasteiger partial charge in [0.25, 0.3) is 5.56 Å². The van der Waals surface area contributed by atoms with Crippen molar-refractivity contribution < 1.29 is 17.3 Å². The van der Waals surface area contributed by atoms with Gasteiger partial charge in [0.1, 0.15) is 0 Å². The molecule has 0 bridgehead atoms. The van der Waals surface area contributed by atoms with Crippen LogP contribution in [0.4, 0.5) is 0 Å². The zero-order valence-corrected chi connectivity index (χ0v) is 22.7. The van der Waals surface area contributed by atoms with Gasteiger partial charge in [-0.2, -0.15) is 5.10 Å². The molecule has 1 saturated heterocycles. The van der Waals surface area contributed by atoms with E-state index < -0.39 is 0 Å². The number of fused-ring (bicyclic) bond motifs is 1. The molecule has 2 atom stereocenters. The Balaban J connectivity index is 0.00000304. The molecule has 1 aliphatic heterocycles. The Kier molecular flexibility index (Phi) is 9.87. The number of hydrogen-bond donors (Lipinski definition) is 1. The number of aromatic nitrogens is 2. The van der Waals surface area contributed by atoms with Crippen LogP contribution in [0, 0.1) is 5.92 Å². The first-order chi connectivity index (χ1) is 17.2. The van der Waals surface area contributed by atoms with Crippen LogP contribution in [-0.2, 0) is 6.42 Å². The lowest BCUT2D eigenvalue weighted by Gasteiger charge is -2.23. The maximum Gasteiger partial charge on any atom is 0.274 e. The van der Waals surface area contributed by atoms with Crippen LogP contribution in [0.25, 0.3) is 10.8 Å². The average molecular weight is 529 g/mol. The molecule has 3 aromatic rings. The van der Waals surface area contributed by atoms with E-state index in [0.29, 0.717) is 6.42 Å². The highest BCUT2D eigenvalue weighted by atomic mass is 35.5. The maximum atomic E-state index is 13.5. The summed E-state index contributed by atoms with van der Waals surface area (Å²) in [6, 6.07) is 16.1. The fraction of sp³-hybridized carbons (Fsp3) is 0.533. The molecule has 1 saturated carbocycles. The molecule has 36 heavy (non-hydrogen) atoms. The highest BCUT2D eigenvalue weighted by Crippen LogP contribution is 2.27. The Labute approximate surface area is 226 Å². The second-order valence-corrected chi connectivity index (χ2v) is 11.2. The van der Waals surface area contributed by atoms with Crippen LogP contribution in [0.5, 0.6) is 0 Å². The van der Waals surface area contributed by atoms with Gasteiger partial charge in [-0.1, -0.05) is 74.0 Å². The van der Waals surface area contributed by atoms with E-state index in [1.807, 2.05) is 41.1 Å². The Morgan fingerprint density at radius 2 is 1.64 bits per heavy atom. The monoisotopic (exact) mass is 527 g/mol. The minimum absolute atomic E-state index is 0. The third kappa shape index (κ3) is 6.70. The van der Waals surface area contributed by atoms with Gasteiger partial charge in [-0.05, 0) is 55.4 Å². The summed E-state index contributed by atoms with van der Waals surface area (Å²) in [6.07, 6.45) is 13.9. The molecular weight excluding hydrogens is 489 g/mol. The fourth-order valence-electron chi connectivity index (χ4n) is 6.29. The van der Waals surface area contributed by atoms with Crippen LogP contribution >= 0.6 is 11.6 Å². The first kappa shape index (κ1) is 27.2. The second kappa shape index (κ2) is 13.1. The van der Waals surface area contributed by atoms with Gasteiger partial charge in [-0.25, -0.2) is 4.68 Å². The van der Waals surface area contributed by atoms with Crippen LogP contribution < -0.4 is 22.9 Å². The molecule has 1 N–H and O–H groups in total. The lowest BCUT2D eigenvalue weighted by molar-refractivity contribution is -0.899. The number of hydrogen-bond acceptors (Lipinski definition) is 2. The molecule has 1 aliphatic carbocycles. The second-order valence-electron chi connectivity index (χ2n) is 10.8. The van der Waals surface area contributed by atoms with E-state index in [2.05, 4.69) is 12.1 Å². The van der Waals surface area contributed by atoms with E-state index in [1.54, 1.807) is 4.90 Å². The topological polar surface area (TPSA) is 39.3 Å². The Morgan fingerprint density at radius 1 is 0.889 bits per heavy atom. The van der Waals surface area contributed by atoms with E-state index in [4.69, 9.17) is 16.7 Å². The van der Waals surface area contributed by atoms with Crippen molar-refractivity contribution in [1.82, 2.24) is 9.78 Å². The number of rotatable bonds is 7. The van der Waals surface area contributed by atoms with Crippen molar-refractivity contribution in [1.29, 1.82) is 0 Å². The molecule has 2 fully saturated rings. The van der Waals surface area contributed by atoms with Gasteiger partial charge in [0.15, 0.2) is 0 Å². The predicted molar refractivity (Wildman–Crippen MR) is 145 cm³/mol. The van der Waals surface area contributed by atoms with Gasteiger partial charge in [0, 0.05) is 23.3 Å². The number of benzene rings is 2. The summed E-state index contributed by atoms with van der Waals surface area (Å²) in [6.45, 7) is 3.65. The number of likely N-dealkylation sites (tertiary alicyclic amines) is 1. The van der Waals surface area contributed by atoms with Gasteiger partial charge in [-0.3, -0.25) is 4.79 Å². The first-order valence-electron chi connectivity index (χ1n) is 13.8. The zero-order chi connectivity index (χ0) is 24.0. The van der Waals surface area contributed by atoms with E-state index in [1.165, 1.54) is 58.0 Å². The van der Waals surface area contributed by atoms with Gasteiger partial charge >= 0.3 is 0 Å². The summed E-state index contributed by atoms with van der Waals surface area (Å²) >= 11 is 6.09. The summed E-state index contributed by atoms with van der Waals surface area (Å²) in [7, 11) is 0. The molecule has 2 unspecified atom stereocenters. The molecule has 5 rings (SSSR count). The molecule has 2 aliphatic rings. The van der Waals surface area contributed by atoms with Gasteiger partial charge < -0.3 is 17.3 Å². The fourth-order valence-corrected chi connectivity index (χ4v) is 6.41. The molecule has 0 radical (unpaired) electrons. The predicted octanol–water partition coefficient (Wildman–Crippen LogP) is 2.62. The molecule has 0 spiro atoms. The molecule has 0 amide bonds. The quantitative estimate of drug-likeness (QED) is 0.512. The standard InChI is InChI=1S/C30H38ClN3O.ClH/c31-25-16-14-24(15-17-25)22-29-27-12-4-5-13-28(27)30(35)34(32-29)26-11-7-20-33(21-18-26)19-6-10-23-8-2-1-3-9-23;/h4-5,12-17,23,26H,1-3,6-11,18-22H2;1H. The Bertz CT molecular complexity index is 1170. The Hall–Kier alpha value is -1.88. The summed E-state index contributed by atoms with van der Waals surface area (Å²) in [5.74, 6) is 0.974. The number of quaternary nitrogens is 1. The smallest absolute Gasteiger partial charge is 0.274 e. The number of nitrogens with zero attached hydrogens (tertiary/aromatic N) is 2. The Morgan fingerprint density at radius 3 is 2.42 bits per heavy atom. The summed E-state index contributed by atoms with van der Waals surface area (Å²) < 4.78 is 1.83. The summed E-state index contributed by atoms with van der Waals surface area (Å²) in [4.78, 5) is 15.2. The van der Waals surface area contributed by atoms with Crippen molar-refractivity contribution in [2.24, 2.45) is 5.92 Å². The third-order valence-corrected chi connectivity index (χ3v) is 8.55. The lowest BCUT2D eigenvalue weighted by Crippen LogP contribution is -3.11. The van der Waals surface area contributed by atoms with E-state index in [-0.39, 0.29) is 24.0 Å². The van der Waals surface area contributed by atoms with E-state index >= 15 is 0 Å². The molecule has 2 aromatic carbocycles. The third-order valence-electron chi connectivity index (χ3n) is 8.30. The van der Waals surface area contributed by atoms with Crippen LogP contribution in [0.2, 0.25) is 5.02 Å². The van der Waals surface area contributed by atoms with E-state index in [9.17, 15) is 4.79 Å². The minimum Gasteiger partial charge on any atom is -1.00 e. The number of nitrogens with one attached hydrogen (secondary N) is 1. The molecule has 2 heterocycles. The van der Waals surface area contributed by atoms with Crippen molar-refractivity contribution >= 4 is 22.4 Å². The lowest BCUT2D eigenvalue weighted by atomic mass is 9.86. The molecule has 4 nitrogen and oxygen atoms in total. The first-order valence-corrected chi connectivity index (χ1v) is 14.1. The van der Waals surface area contributed by atoms with E-state index in [0.717, 1.165) is 58.8 Å². The van der Waals surface area contributed by atoms with Crippen molar-refractivity contribution in [3.8, 4) is 0 Å². The SMILES string of the molecule is O=c1c2ccccc2c(Cc2ccc(Cl)cc2)nn1C1CCC[NH+](CCCC2CCCCC2)CC1.[Cl-]. The van der Waals surface area contributed by atoms with Crippen molar-refractivity contribution in [2.45, 2.75) is 76.7 Å². The van der Waals surface area contributed by atoms with Crippen LogP contribution in [0.15, 0.2) is 53.3 Å². The molecule has 6 heteroatoms. The maximum absolute atomic E-state index is 13.5. The average Bonchev–Trinajstić information content (AvgIpc) is 3.13. The number of halogens is 2. The minimum atomic E-state index is 0. The molecular formula is C30H39Cl2N3O. The van der Waals surface area contributed by atoms with Crippen molar-refractivity contribution in [2.75, 3.05) is 19.6 Å². The summed E-state index contributed by atoms with van der Waals surface area (Å²) in [5.41, 5.74) is 2.20. The van der Waals surface area contributed by atoms with Crippen molar-refractivity contribution in [3.63, 3.8) is 0 Å². The van der Waals surface area contributed by atoms with Gasteiger partial charge in [0.05, 0.1) is 36.8 Å². The normalized spacial score (nSPS) is 21.1. The van der Waals surface area contributed by atoms with Crippen LogP contribution in [0.3, 0.4) is 0 Å². The highest BCUT2D eigenvalue weighted by molar-refractivity contribution is 6.30. The summed E-state index contributed by atoms with van der Waals surface area (Å²) in [5, 5.41) is 7.48. The van der Waals surface area contributed by atoms with Crippen molar-refractivity contribution in [3.05, 3.63) is 75.2 Å². The van der Waals surface area contributed by atoms with Gasteiger partial charge in [-0.15, -0.1) is 0 Å². The molecule has 194 valence electrons. The van der Waals surface area contributed by atoms with Crippen LogP contribution in [-0.4, -0.2) is 29.4 Å². The van der Waals surface area contributed by atoms with Crippen LogP contribution in [0.1, 0.15) is 81.5 Å². The highest BCUT2D eigenvalue weighted by Gasteiger charge is 2.24. The largest absolute Gasteiger partial charge is 1.00 e. The zero-order valence-electron chi connectivity index (χ0n) is 21.2. The van der Waals surface area contributed by atoms with Gasteiger partial charge in [0.2, 0.25) is 0 Å².